The van der Waals surface area contributed by atoms with Crippen LogP contribution in [0.15, 0.2) is 4.52 Å². The third-order valence-corrected chi connectivity index (χ3v) is 4.00. The minimum absolute atomic E-state index is 0.0921. The van der Waals surface area contributed by atoms with Crippen LogP contribution in [0.1, 0.15) is 57.7 Å². The molecule has 3 N–H and O–H groups in total. The lowest BCUT2D eigenvalue weighted by atomic mass is 9.94. The van der Waals surface area contributed by atoms with Crippen molar-refractivity contribution in [2.45, 2.75) is 65.0 Å². The minimum atomic E-state index is -0.208. The van der Waals surface area contributed by atoms with E-state index >= 15 is 0 Å². The molecule has 0 unspecified atom stereocenters. The molecule has 1 aromatic rings. The van der Waals surface area contributed by atoms with Crippen LogP contribution in [0, 0.1) is 11.8 Å². The summed E-state index contributed by atoms with van der Waals surface area (Å²) in [4.78, 5) is 16.0. The summed E-state index contributed by atoms with van der Waals surface area (Å²) < 4.78 is 5.24. The second kappa shape index (κ2) is 7.54. The summed E-state index contributed by atoms with van der Waals surface area (Å²) in [6.07, 6.45) is 6.03. The van der Waals surface area contributed by atoms with Gasteiger partial charge in [-0.25, -0.2) is 0 Å². The predicted molar refractivity (Wildman–Crippen MR) is 79.2 cm³/mol. The Balaban J connectivity index is 1.90. The van der Waals surface area contributed by atoms with Crippen LogP contribution in [0.5, 0.6) is 0 Å². The summed E-state index contributed by atoms with van der Waals surface area (Å²) in [6, 6.07) is 0.116. The highest BCUT2D eigenvalue weighted by molar-refractivity contribution is 5.77. The molecule has 2 atom stereocenters. The largest absolute Gasteiger partial charge is 0.369 e. The van der Waals surface area contributed by atoms with Gasteiger partial charge < -0.3 is 15.6 Å². The Labute approximate surface area is 125 Å². The van der Waals surface area contributed by atoms with Crippen LogP contribution in [-0.4, -0.2) is 22.1 Å². The fourth-order valence-electron chi connectivity index (χ4n) is 2.92. The molecule has 1 aliphatic rings. The van der Waals surface area contributed by atoms with Gasteiger partial charge in [0.25, 0.3) is 0 Å². The fourth-order valence-corrected chi connectivity index (χ4v) is 2.92. The first-order chi connectivity index (χ1) is 10.1. The molecule has 6 nitrogen and oxygen atoms in total. The molecule has 2 rings (SSSR count). The van der Waals surface area contributed by atoms with Crippen molar-refractivity contribution in [2.75, 3.05) is 0 Å². The van der Waals surface area contributed by atoms with Gasteiger partial charge in [-0.3, -0.25) is 4.79 Å². The van der Waals surface area contributed by atoms with E-state index in [1.807, 2.05) is 0 Å². The number of carbonyl (C=O) groups excluding carboxylic acids is 1. The number of primary amides is 1. The Hall–Kier alpha value is -1.43. The molecule has 1 saturated carbocycles. The lowest BCUT2D eigenvalue weighted by molar-refractivity contribution is -0.122. The molecule has 1 fully saturated rings. The normalized spacial score (nSPS) is 23.2. The van der Waals surface area contributed by atoms with Crippen molar-refractivity contribution in [3.63, 3.8) is 0 Å². The van der Waals surface area contributed by atoms with E-state index in [1.54, 1.807) is 0 Å². The van der Waals surface area contributed by atoms with Crippen molar-refractivity contribution < 1.29 is 9.32 Å². The Bertz CT molecular complexity index is 458. The molecule has 1 heterocycles. The molecule has 1 amide bonds. The van der Waals surface area contributed by atoms with Gasteiger partial charge in [0.05, 0.1) is 12.5 Å². The zero-order chi connectivity index (χ0) is 15.2. The number of aromatic nitrogens is 2. The van der Waals surface area contributed by atoms with Crippen LogP contribution in [-0.2, 0) is 17.8 Å². The molecule has 0 spiro atoms. The van der Waals surface area contributed by atoms with Gasteiger partial charge >= 0.3 is 0 Å². The van der Waals surface area contributed by atoms with Gasteiger partial charge in [-0.1, -0.05) is 38.3 Å². The van der Waals surface area contributed by atoms with Gasteiger partial charge in [0, 0.05) is 12.5 Å². The first-order valence-corrected chi connectivity index (χ1v) is 7.90. The number of rotatable bonds is 6. The highest BCUT2D eigenvalue weighted by Crippen LogP contribution is 2.23. The van der Waals surface area contributed by atoms with Crippen molar-refractivity contribution in [1.29, 1.82) is 0 Å². The molecule has 118 valence electrons. The van der Waals surface area contributed by atoms with E-state index in [1.165, 1.54) is 6.42 Å². The van der Waals surface area contributed by atoms with Crippen molar-refractivity contribution in [2.24, 2.45) is 17.6 Å². The van der Waals surface area contributed by atoms with Gasteiger partial charge in [-0.05, 0) is 18.8 Å². The Morgan fingerprint density at radius 3 is 2.86 bits per heavy atom. The highest BCUT2D eigenvalue weighted by Gasteiger charge is 2.28. The van der Waals surface area contributed by atoms with Crippen LogP contribution in [0.3, 0.4) is 0 Å². The van der Waals surface area contributed by atoms with E-state index in [0.29, 0.717) is 18.4 Å². The van der Waals surface area contributed by atoms with Gasteiger partial charge in [0.1, 0.15) is 0 Å². The summed E-state index contributed by atoms with van der Waals surface area (Å²) in [6.45, 7) is 4.74. The Morgan fingerprint density at radius 1 is 1.38 bits per heavy atom. The number of hydrogen-bond acceptors (Lipinski definition) is 5. The summed E-state index contributed by atoms with van der Waals surface area (Å²) in [5, 5.41) is 7.35. The molecular weight excluding hydrogens is 268 g/mol. The maximum atomic E-state index is 11.6. The molecule has 6 heteroatoms. The molecular formula is C15H26N4O2. The van der Waals surface area contributed by atoms with Crippen molar-refractivity contribution in [3.8, 4) is 0 Å². The second-order valence-electron chi connectivity index (χ2n) is 6.34. The summed E-state index contributed by atoms with van der Waals surface area (Å²) in [7, 11) is 0. The summed E-state index contributed by atoms with van der Waals surface area (Å²) in [5.41, 5.74) is 5.52. The van der Waals surface area contributed by atoms with E-state index in [4.69, 9.17) is 10.3 Å². The predicted octanol–water partition coefficient (Wildman–Crippen LogP) is 1.79. The van der Waals surface area contributed by atoms with Crippen LogP contribution in [0.2, 0.25) is 0 Å². The molecule has 0 saturated heterocycles. The average molecular weight is 294 g/mol. The lowest BCUT2D eigenvalue weighted by Gasteiger charge is -2.22. The molecule has 0 aromatic carbocycles. The molecule has 0 radical (unpaired) electrons. The topological polar surface area (TPSA) is 94.0 Å². The average Bonchev–Trinajstić information content (AvgIpc) is 2.71. The Morgan fingerprint density at radius 2 is 2.14 bits per heavy atom. The van der Waals surface area contributed by atoms with Crippen molar-refractivity contribution >= 4 is 5.91 Å². The van der Waals surface area contributed by atoms with Crippen LogP contribution in [0.25, 0.3) is 0 Å². The minimum Gasteiger partial charge on any atom is -0.369 e. The van der Waals surface area contributed by atoms with Gasteiger partial charge in [0.15, 0.2) is 5.82 Å². The fraction of sp³-hybridized carbons (Fsp3) is 0.800. The van der Waals surface area contributed by atoms with E-state index in [-0.39, 0.29) is 17.9 Å². The first kappa shape index (κ1) is 15.9. The van der Waals surface area contributed by atoms with Crippen LogP contribution in [0.4, 0.5) is 0 Å². The number of nitrogens with two attached hydrogens (primary N) is 1. The second-order valence-corrected chi connectivity index (χ2v) is 6.34. The quantitative estimate of drug-likeness (QED) is 0.780. The van der Waals surface area contributed by atoms with Gasteiger partial charge in [0.2, 0.25) is 11.8 Å². The zero-order valence-corrected chi connectivity index (χ0v) is 13.0. The van der Waals surface area contributed by atoms with Crippen LogP contribution >= 0.6 is 0 Å². The SMILES string of the molecule is CC(C)Cc1noc(CN[C@@H]2CCCCC[C@H]2C(N)=O)n1. The number of hydrogen-bond donors (Lipinski definition) is 2. The first-order valence-electron chi connectivity index (χ1n) is 7.90. The maximum Gasteiger partial charge on any atom is 0.240 e. The number of nitrogens with zero attached hydrogens (tertiary/aromatic N) is 2. The molecule has 1 aromatic heterocycles. The maximum absolute atomic E-state index is 11.6. The van der Waals surface area contributed by atoms with E-state index < -0.39 is 0 Å². The number of amides is 1. The number of nitrogens with one attached hydrogen (secondary N) is 1. The van der Waals surface area contributed by atoms with Crippen LogP contribution < -0.4 is 11.1 Å². The van der Waals surface area contributed by atoms with Gasteiger partial charge in [-0.2, -0.15) is 4.98 Å². The van der Waals surface area contributed by atoms with Crippen molar-refractivity contribution in [1.82, 2.24) is 15.5 Å². The molecule has 21 heavy (non-hydrogen) atoms. The van der Waals surface area contributed by atoms with Gasteiger partial charge in [-0.15, -0.1) is 0 Å². The zero-order valence-electron chi connectivity index (χ0n) is 13.0. The third-order valence-electron chi connectivity index (χ3n) is 4.00. The Kier molecular flexibility index (Phi) is 5.73. The standard InChI is InChI=1S/C15H26N4O2/c1-10(2)8-13-18-14(21-19-13)9-17-12-7-5-3-4-6-11(12)15(16)20/h10-12,17H,3-9H2,1-2H3,(H2,16,20)/t11-,12-/m1/s1. The lowest BCUT2D eigenvalue weighted by Crippen LogP contribution is -2.42. The van der Waals surface area contributed by atoms with Crippen molar-refractivity contribution in [3.05, 3.63) is 11.7 Å². The highest BCUT2D eigenvalue weighted by atomic mass is 16.5. The van der Waals surface area contributed by atoms with E-state index in [2.05, 4.69) is 29.3 Å². The summed E-state index contributed by atoms with van der Waals surface area (Å²) >= 11 is 0. The summed E-state index contributed by atoms with van der Waals surface area (Å²) in [5.74, 6) is 1.53. The monoisotopic (exact) mass is 294 g/mol. The molecule has 0 aliphatic heterocycles. The molecule has 1 aliphatic carbocycles. The van der Waals surface area contributed by atoms with E-state index in [9.17, 15) is 4.79 Å². The third kappa shape index (κ3) is 4.81. The molecule has 0 bridgehead atoms. The number of carbonyl (C=O) groups is 1. The smallest absolute Gasteiger partial charge is 0.240 e. The van der Waals surface area contributed by atoms with E-state index in [0.717, 1.165) is 37.9 Å².